The van der Waals surface area contributed by atoms with Crippen LogP contribution in [0.5, 0.6) is 5.75 Å². The van der Waals surface area contributed by atoms with Crippen LogP contribution in [0.3, 0.4) is 0 Å². The molecule has 1 amide bonds. The first-order valence-corrected chi connectivity index (χ1v) is 9.23. The maximum absolute atomic E-state index is 13.5. The molecule has 1 aliphatic heterocycles. The number of hydrogen-bond donors (Lipinski definition) is 1. The van der Waals surface area contributed by atoms with Crippen LogP contribution in [0.15, 0.2) is 69.7 Å². The maximum Gasteiger partial charge on any atom is 0.331 e. The minimum absolute atomic E-state index is 0.185. The standard InChI is InChI=1S/C20H16FN3O4S/c1-27-18(25)10-17-19(26)23-20(29-17)24-22-11-13-6-8-14(9-7-13)12-28-16-5-3-2-4-15(16)21/h2-11H,12H2,1H3,(H,23,24,26)/b17-10+,22-11?. The number of nitrogens with zero attached hydrogens (tertiary/aromatic N) is 2. The lowest BCUT2D eigenvalue weighted by atomic mass is 10.1. The van der Waals surface area contributed by atoms with Crippen LogP contribution < -0.4 is 10.1 Å². The molecular formula is C20H16FN3O4S. The van der Waals surface area contributed by atoms with Gasteiger partial charge in [-0.25, -0.2) is 9.18 Å². The van der Waals surface area contributed by atoms with E-state index in [9.17, 15) is 14.0 Å². The highest BCUT2D eigenvalue weighted by molar-refractivity contribution is 8.18. The molecule has 0 unspecified atom stereocenters. The zero-order valence-corrected chi connectivity index (χ0v) is 16.1. The van der Waals surface area contributed by atoms with Crippen molar-refractivity contribution in [2.24, 2.45) is 10.2 Å². The Bertz CT molecular complexity index is 1000. The van der Waals surface area contributed by atoms with E-state index in [0.29, 0.717) is 0 Å². The molecule has 0 atom stereocenters. The van der Waals surface area contributed by atoms with Crippen LogP contribution in [0.1, 0.15) is 11.1 Å². The fraction of sp³-hybridized carbons (Fsp3) is 0.100. The zero-order chi connectivity index (χ0) is 20.6. The summed E-state index contributed by atoms with van der Waals surface area (Å²) < 4.78 is 23.5. The third-order valence-electron chi connectivity index (χ3n) is 3.67. The second kappa shape index (κ2) is 9.65. The number of rotatable bonds is 6. The van der Waals surface area contributed by atoms with Crippen molar-refractivity contribution >= 4 is 35.0 Å². The first kappa shape index (κ1) is 20.3. The Labute approximate surface area is 170 Å². The van der Waals surface area contributed by atoms with Gasteiger partial charge in [0.05, 0.1) is 18.2 Å². The van der Waals surface area contributed by atoms with Crippen LogP contribution in [0.4, 0.5) is 4.39 Å². The van der Waals surface area contributed by atoms with Gasteiger partial charge in [0.2, 0.25) is 0 Å². The number of amidine groups is 1. The number of carbonyl (C=O) groups excluding carboxylic acids is 2. The molecule has 0 spiro atoms. The third kappa shape index (κ3) is 5.76. The summed E-state index contributed by atoms with van der Waals surface area (Å²) in [7, 11) is 1.23. The summed E-state index contributed by atoms with van der Waals surface area (Å²) in [6.07, 6.45) is 2.61. The van der Waals surface area contributed by atoms with Crippen LogP contribution in [-0.4, -0.2) is 30.4 Å². The SMILES string of the molecule is COC(=O)/C=C1/S/C(=N\N=Cc2ccc(COc3ccccc3F)cc2)NC1=O. The van der Waals surface area contributed by atoms with Gasteiger partial charge in [-0.15, -0.1) is 5.10 Å². The first-order chi connectivity index (χ1) is 14.0. The van der Waals surface area contributed by atoms with Crippen LogP contribution >= 0.6 is 11.8 Å². The van der Waals surface area contributed by atoms with Gasteiger partial charge in [-0.3, -0.25) is 10.1 Å². The number of nitrogens with one attached hydrogen (secondary N) is 1. The molecule has 1 saturated heterocycles. The number of carbonyl (C=O) groups is 2. The molecular weight excluding hydrogens is 397 g/mol. The second-order valence-electron chi connectivity index (χ2n) is 5.70. The number of para-hydroxylation sites is 1. The molecule has 29 heavy (non-hydrogen) atoms. The van der Waals surface area contributed by atoms with Gasteiger partial charge in [-0.1, -0.05) is 36.4 Å². The van der Waals surface area contributed by atoms with Gasteiger partial charge < -0.3 is 9.47 Å². The summed E-state index contributed by atoms with van der Waals surface area (Å²) in [4.78, 5) is 23.1. The largest absolute Gasteiger partial charge is 0.486 e. The summed E-state index contributed by atoms with van der Waals surface area (Å²) >= 11 is 0.994. The highest BCUT2D eigenvalue weighted by atomic mass is 32.2. The summed E-state index contributed by atoms with van der Waals surface area (Å²) in [5.41, 5.74) is 1.65. The van der Waals surface area contributed by atoms with E-state index in [2.05, 4.69) is 20.3 Å². The van der Waals surface area contributed by atoms with E-state index in [4.69, 9.17) is 4.74 Å². The number of hydrogen-bond acceptors (Lipinski definition) is 7. The highest BCUT2D eigenvalue weighted by Crippen LogP contribution is 2.23. The highest BCUT2D eigenvalue weighted by Gasteiger charge is 2.24. The molecule has 2 aromatic carbocycles. The lowest BCUT2D eigenvalue weighted by Gasteiger charge is -2.07. The molecule has 148 valence electrons. The van der Waals surface area contributed by atoms with Gasteiger partial charge in [0.1, 0.15) is 6.61 Å². The zero-order valence-electron chi connectivity index (χ0n) is 15.3. The number of thioether (sulfide) groups is 1. The number of esters is 1. The number of methoxy groups -OCH3 is 1. The van der Waals surface area contributed by atoms with Gasteiger partial charge in [-0.2, -0.15) is 5.10 Å². The van der Waals surface area contributed by atoms with E-state index in [1.807, 2.05) is 24.3 Å². The Kier molecular flexibility index (Phi) is 6.75. The fourth-order valence-corrected chi connectivity index (χ4v) is 2.95. The predicted octanol–water partition coefficient (Wildman–Crippen LogP) is 3.01. The van der Waals surface area contributed by atoms with Crippen molar-refractivity contribution in [2.45, 2.75) is 6.61 Å². The van der Waals surface area contributed by atoms with E-state index in [0.717, 1.165) is 29.0 Å². The average Bonchev–Trinajstić information content (AvgIpc) is 3.07. The van der Waals surface area contributed by atoms with Gasteiger partial charge >= 0.3 is 5.97 Å². The Balaban J connectivity index is 1.56. The maximum atomic E-state index is 13.5. The van der Waals surface area contributed by atoms with Crippen molar-refractivity contribution < 1.29 is 23.5 Å². The van der Waals surface area contributed by atoms with Crippen molar-refractivity contribution in [3.63, 3.8) is 0 Å². The molecule has 0 saturated carbocycles. The van der Waals surface area contributed by atoms with E-state index >= 15 is 0 Å². The molecule has 0 bridgehead atoms. The monoisotopic (exact) mass is 413 g/mol. The minimum Gasteiger partial charge on any atom is -0.486 e. The van der Waals surface area contributed by atoms with Crippen molar-refractivity contribution in [3.8, 4) is 5.75 Å². The number of amides is 1. The van der Waals surface area contributed by atoms with Crippen LogP contribution in [0.2, 0.25) is 0 Å². The molecule has 3 rings (SSSR count). The molecule has 1 N–H and O–H groups in total. The van der Waals surface area contributed by atoms with Crippen molar-refractivity contribution in [3.05, 3.63) is 76.5 Å². The average molecular weight is 413 g/mol. The number of halogens is 1. The summed E-state index contributed by atoms with van der Waals surface area (Å²) in [5, 5.41) is 10.6. The van der Waals surface area contributed by atoms with E-state index in [1.165, 1.54) is 19.4 Å². The molecule has 1 fully saturated rings. The Morgan fingerprint density at radius 3 is 2.69 bits per heavy atom. The minimum atomic E-state index is -0.619. The molecule has 1 heterocycles. The van der Waals surface area contributed by atoms with Gasteiger partial charge in [0, 0.05) is 6.08 Å². The molecule has 0 aromatic heterocycles. The smallest absolute Gasteiger partial charge is 0.331 e. The van der Waals surface area contributed by atoms with Crippen LogP contribution in [0, 0.1) is 5.82 Å². The van der Waals surface area contributed by atoms with Gasteiger partial charge in [0.15, 0.2) is 16.7 Å². The van der Waals surface area contributed by atoms with E-state index in [-0.39, 0.29) is 22.4 Å². The summed E-state index contributed by atoms with van der Waals surface area (Å²) in [6, 6.07) is 13.5. The Hall–Kier alpha value is -3.46. The topological polar surface area (TPSA) is 89.3 Å². The molecule has 0 radical (unpaired) electrons. The van der Waals surface area contributed by atoms with Crippen molar-refractivity contribution in [1.29, 1.82) is 0 Å². The fourth-order valence-electron chi connectivity index (χ4n) is 2.21. The number of benzene rings is 2. The van der Waals surface area contributed by atoms with Gasteiger partial charge in [0.25, 0.3) is 5.91 Å². The van der Waals surface area contributed by atoms with Crippen LogP contribution in [0.25, 0.3) is 0 Å². The molecule has 2 aromatic rings. The second-order valence-corrected chi connectivity index (χ2v) is 6.73. The third-order valence-corrected chi connectivity index (χ3v) is 4.57. The van der Waals surface area contributed by atoms with Crippen molar-refractivity contribution in [2.75, 3.05) is 7.11 Å². The Morgan fingerprint density at radius 2 is 1.97 bits per heavy atom. The van der Waals surface area contributed by atoms with E-state index < -0.39 is 17.7 Å². The Morgan fingerprint density at radius 1 is 1.21 bits per heavy atom. The van der Waals surface area contributed by atoms with Crippen molar-refractivity contribution in [1.82, 2.24) is 5.32 Å². The van der Waals surface area contributed by atoms with Crippen LogP contribution in [-0.2, 0) is 20.9 Å². The molecule has 0 aliphatic carbocycles. The molecule has 9 heteroatoms. The van der Waals surface area contributed by atoms with E-state index in [1.54, 1.807) is 18.2 Å². The quantitative estimate of drug-likeness (QED) is 0.340. The number of ether oxygens (including phenoxy) is 2. The first-order valence-electron chi connectivity index (χ1n) is 8.41. The lowest BCUT2D eigenvalue weighted by Crippen LogP contribution is -2.19. The summed E-state index contributed by atoms with van der Waals surface area (Å²) in [6.45, 7) is 0.235. The van der Waals surface area contributed by atoms with Gasteiger partial charge in [-0.05, 0) is 35.0 Å². The lowest BCUT2D eigenvalue weighted by molar-refractivity contribution is -0.135. The summed E-state index contributed by atoms with van der Waals surface area (Å²) in [5.74, 6) is -1.26. The normalized spacial score (nSPS) is 16.4. The molecule has 1 aliphatic rings. The predicted molar refractivity (Wildman–Crippen MR) is 108 cm³/mol. The molecule has 7 nitrogen and oxygen atoms in total.